The molecular formula is C20H23N5O5. The van der Waals surface area contributed by atoms with Gasteiger partial charge >= 0.3 is 11.7 Å². The number of hydrogen-bond acceptors (Lipinski definition) is 9. The Morgan fingerprint density at radius 1 is 1.37 bits per heavy atom. The molecule has 1 heterocycles. The van der Waals surface area contributed by atoms with E-state index in [1.165, 1.54) is 12.3 Å². The third-order valence-corrected chi connectivity index (χ3v) is 5.36. The number of nitrogens with zero attached hydrogens (tertiary/aromatic N) is 3. The molecule has 6 N–H and O–H groups in total. The van der Waals surface area contributed by atoms with Gasteiger partial charge in [-0.25, -0.2) is 4.79 Å². The second-order valence-electron chi connectivity index (χ2n) is 7.37. The molecule has 0 radical (unpaired) electrons. The molecule has 0 saturated heterocycles. The predicted molar refractivity (Wildman–Crippen MR) is 106 cm³/mol. The summed E-state index contributed by atoms with van der Waals surface area (Å²) in [6, 6.07) is 11.5. The Morgan fingerprint density at radius 2 is 2.07 bits per heavy atom. The number of esters is 1. The number of nitrogen functional groups attached to an aromatic ring is 1. The van der Waals surface area contributed by atoms with Crippen LogP contribution in [0, 0.1) is 17.2 Å². The molecule has 158 valence electrons. The van der Waals surface area contributed by atoms with Crippen molar-refractivity contribution in [3.63, 3.8) is 0 Å². The Hall–Kier alpha value is -3.26. The van der Waals surface area contributed by atoms with E-state index in [9.17, 15) is 25.1 Å². The number of aliphatic hydroxyl groups is 2. The highest BCUT2D eigenvalue weighted by Gasteiger charge is 2.55. The topological polar surface area (TPSA) is 177 Å². The molecule has 1 aromatic carbocycles. The van der Waals surface area contributed by atoms with Gasteiger partial charge in [-0.2, -0.15) is 10.2 Å². The van der Waals surface area contributed by atoms with Crippen LogP contribution in [0.25, 0.3) is 0 Å². The molecule has 5 atom stereocenters. The molecule has 0 spiro atoms. The molecule has 1 aromatic heterocycles. The summed E-state index contributed by atoms with van der Waals surface area (Å²) < 4.78 is 6.18. The number of carbonyl (C=O) groups excluding carboxylic acids is 1. The average Bonchev–Trinajstić information content (AvgIpc) is 2.98. The SMILES string of the molecule is N#C[C@@]1(n2ccc(N)nc2=O)C[C@H](COC(=O)[C@H](N)Cc2ccccc2)C(O)C1O. The second kappa shape index (κ2) is 8.62. The minimum atomic E-state index is -1.76. The molecule has 1 fully saturated rings. The quantitative estimate of drug-likeness (QED) is 0.428. The van der Waals surface area contributed by atoms with Gasteiger partial charge in [0, 0.05) is 12.1 Å². The first kappa shape index (κ1) is 21.4. The van der Waals surface area contributed by atoms with Crippen molar-refractivity contribution in [1.82, 2.24) is 9.55 Å². The van der Waals surface area contributed by atoms with Crippen LogP contribution in [0.4, 0.5) is 5.82 Å². The largest absolute Gasteiger partial charge is 0.464 e. The van der Waals surface area contributed by atoms with Gasteiger partial charge in [0.15, 0.2) is 5.54 Å². The van der Waals surface area contributed by atoms with Crippen molar-refractivity contribution >= 4 is 11.8 Å². The van der Waals surface area contributed by atoms with E-state index in [2.05, 4.69) is 4.98 Å². The first-order valence-corrected chi connectivity index (χ1v) is 9.37. The number of aromatic nitrogens is 2. The highest BCUT2D eigenvalue weighted by molar-refractivity contribution is 5.75. The standard InChI is InChI=1S/C20H23N5O5/c21-11-20(25-7-6-15(23)24-19(25)29)9-13(16(26)17(20)27)10-30-18(28)14(22)8-12-4-2-1-3-5-12/h1-7,13-14,16-17,26-27H,8-10,22H2,(H2,23,24,29)/t13-,14-,16?,17?,20+/m1/s1. The number of aliphatic hydroxyl groups excluding tert-OH is 2. The zero-order chi connectivity index (χ0) is 21.9. The molecule has 10 nitrogen and oxygen atoms in total. The lowest BCUT2D eigenvalue weighted by molar-refractivity contribution is -0.147. The summed E-state index contributed by atoms with van der Waals surface area (Å²) in [7, 11) is 0. The van der Waals surface area contributed by atoms with Crippen molar-refractivity contribution in [2.45, 2.75) is 36.6 Å². The fraction of sp³-hybridized carbons (Fsp3) is 0.400. The van der Waals surface area contributed by atoms with Crippen molar-refractivity contribution in [2.75, 3.05) is 12.3 Å². The molecule has 0 amide bonds. The predicted octanol–water partition coefficient (Wildman–Crippen LogP) is -1.10. The number of nitrogens with two attached hydrogens (primary N) is 2. The van der Waals surface area contributed by atoms with Gasteiger partial charge in [-0.15, -0.1) is 0 Å². The fourth-order valence-corrected chi connectivity index (χ4v) is 3.71. The lowest BCUT2D eigenvalue weighted by atomic mass is 9.95. The van der Waals surface area contributed by atoms with Crippen LogP contribution in [-0.4, -0.2) is 50.6 Å². The maximum atomic E-state index is 12.2. The normalized spacial score (nSPS) is 26.7. The van der Waals surface area contributed by atoms with Gasteiger partial charge in [0.1, 0.15) is 18.0 Å². The Morgan fingerprint density at radius 3 is 2.70 bits per heavy atom. The van der Waals surface area contributed by atoms with Gasteiger partial charge in [-0.3, -0.25) is 9.36 Å². The molecule has 1 aliphatic rings. The van der Waals surface area contributed by atoms with Crippen molar-refractivity contribution in [3.8, 4) is 6.07 Å². The molecule has 2 aromatic rings. The second-order valence-corrected chi connectivity index (χ2v) is 7.37. The molecule has 2 unspecified atom stereocenters. The van der Waals surface area contributed by atoms with E-state index in [1.54, 1.807) is 0 Å². The lowest BCUT2D eigenvalue weighted by Crippen LogP contribution is -2.48. The van der Waals surface area contributed by atoms with Crippen LogP contribution in [0.3, 0.4) is 0 Å². The van der Waals surface area contributed by atoms with E-state index < -0.39 is 41.4 Å². The van der Waals surface area contributed by atoms with Gasteiger partial charge in [0.2, 0.25) is 0 Å². The van der Waals surface area contributed by atoms with Crippen molar-refractivity contribution in [1.29, 1.82) is 5.26 Å². The van der Waals surface area contributed by atoms with Crippen LogP contribution in [0.2, 0.25) is 0 Å². The third-order valence-electron chi connectivity index (χ3n) is 5.36. The van der Waals surface area contributed by atoms with E-state index in [0.29, 0.717) is 0 Å². The Kier molecular flexibility index (Phi) is 6.17. The van der Waals surface area contributed by atoms with Gasteiger partial charge in [0.05, 0.1) is 18.8 Å². The van der Waals surface area contributed by atoms with E-state index >= 15 is 0 Å². The van der Waals surface area contributed by atoms with E-state index in [4.69, 9.17) is 16.2 Å². The average molecular weight is 413 g/mol. The number of anilines is 1. The van der Waals surface area contributed by atoms with Crippen LogP contribution in [0.15, 0.2) is 47.4 Å². The number of rotatable bonds is 6. The Labute approximate surface area is 172 Å². The summed E-state index contributed by atoms with van der Waals surface area (Å²) >= 11 is 0. The molecule has 0 bridgehead atoms. The minimum Gasteiger partial charge on any atom is -0.464 e. The summed E-state index contributed by atoms with van der Waals surface area (Å²) in [6.45, 7) is -0.264. The molecule has 0 aliphatic heterocycles. The van der Waals surface area contributed by atoms with Crippen LogP contribution >= 0.6 is 0 Å². The van der Waals surface area contributed by atoms with Crippen LogP contribution in [0.5, 0.6) is 0 Å². The zero-order valence-electron chi connectivity index (χ0n) is 16.1. The Balaban J connectivity index is 1.69. The van der Waals surface area contributed by atoms with Gasteiger partial charge in [-0.1, -0.05) is 30.3 Å². The summed E-state index contributed by atoms with van der Waals surface area (Å²) in [5.41, 5.74) is 9.65. The van der Waals surface area contributed by atoms with Crippen molar-refractivity contribution in [3.05, 3.63) is 58.6 Å². The summed E-state index contributed by atoms with van der Waals surface area (Å²) in [6.07, 6.45) is -1.59. The minimum absolute atomic E-state index is 0.0322. The number of carbonyl (C=O) groups is 1. The first-order valence-electron chi connectivity index (χ1n) is 9.37. The molecule has 30 heavy (non-hydrogen) atoms. The van der Waals surface area contributed by atoms with Crippen molar-refractivity contribution in [2.24, 2.45) is 11.7 Å². The Bertz CT molecular complexity index is 1000. The van der Waals surface area contributed by atoms with Gasteiger partial charge in [-0.05, 0) is 24.5 Å². The van der Waals surface area contributed by atoms with Crippen LogP contribution in [0.1, 0.15) is 12.0 Å². The first-order chi connectivity index (χ1) is 14.3. The molecule has 10 heteroatoms. The highest BCUT2D eigenvalue weighted by Crippen LogP contribution is 2.40. The van der Waals surface area contributed by atoms with E-state index in [1.807, 2.05) is 36.4 Å². The fourth-order valence-electron chi connectivity index (χ4n) is 3.71. The summed E-state index contributed by atoms with van der Waals surface area (Å²) in [4.78, 5) is 28.0. The third kappa shape index (κ3) is 4.04. The molecule has 3 rings (SSSR count). The van der Waals surface area contributed by atoms with E-state index in [0.717, 1.165) is 10.1 Å². The number of ether oxygens (including phenoxy) is 1. The summed E-state index contributed by atoms with van der Waals surface area (Å²) in [5.74, 6) is -1.48. The maximum absolute atomic E-state index is 12.2. The lowest BCUT2D eigenvalue weighted by Gasteiger charge is -2.27. The highest BCUT2D eigenvalue weighted by atomic mass is 16.5. The van der Waals surface area contributed by atoms with E-state index in [-0.39, 0.29) is 25.3 Å². The zero-order valence-corrected chi connectivity index (χ0v) is 16.1. The van der Waals surface area contributed by atoms with Crippen LogP contribution in [-0.2, 0) is 21.5 Å². The molecular weight excluding hydrogens is 390 g/mol. The van der Waals surface area contributed by atoms with Gasteiger partial charge < -0.3 is 26.4 Å². The van der Waals surface area contributed by atoms with Crippen molar-refractivity contribution < 1.29 is 19.7 Å². The number of benzene rings is 1. The number of hydrogen-bond donors (Lipinski definition) is 4. The van der Waals surface area contributed by atoms with Crippen LogP contribution < -0.4 is 17.2 Å². The molecule has 1 saturated carbocycles. The maximum Gasteiger partial charge on any atom is 0.350 e. The van der Waals surface area contributed by atoms with Gasteiger partial charge in [0.25, 0.3) is 0 Å². The number of nitriles is 1. The smallest absolute Gasteiger partial charge is 0.350 e. The molecule has 1 aliphatic carbocycles. The monoisotopic (exact) mass is 413 g/mol. The summed E-state index contributed by atoms with van der Waals surface area (Å²) in [5, 5.41) is 30.7.